The van der Waals surface area contributed by atoms with E-state index >= 15 is 0 Å². The third kappa shape index (κ3) is 3.50. The number of aryl methyl sites for hydroxylation is 2. The van der Waals surface area contributed by atoms with Gasteiger partial charge in [-0.05, 0) is 31.9 Å². The minimum atomic E-state index is -0.0895. The Labute approximate surface area is 108 Å². The first-order chi connectivity index (χ1) is 8.26. The van der Waals surface area contributed by atoms with Crippen molar-refractivity contribution in [2.45, 2.75) is 27.7 Å². The molecule has 0 spiro atoms. The molecule has 1 aromatic rings. The van der Waals surface area contributed by atoms with Crippen molar-refractivity contribution in [1.29, 1.82) is 0 Å². The van der Waals surface area contributed by atoms with Crippen molar-refractivity contribution < 1.29 is 4.79 Å². The first-order valence-corrected chi connectivity index (χ1v) is 6.03. The van der Waals surface area contributed by atoms with Crippen molar-refractivity contribution >= 4 is 5.91 Å². The third-order valence-electron chi connectivity index (χ3n) is 2.90. The fourth-order valence-corrected chi connectivity index (χ4v) is 1.75. The summed E-state index contributed by atoms with van der Waals surface area (Å²) in [5.74, 6) is -0.0352. The number of rotatable bonds is 4. The molecule has 0 atom stereocenters. The molecule has 1 aromatic heterocycles. The van der Waals surface area contributed by atoms with E-state index in [1.54, 1.807) is 24.9 Å². The molecule has 0 saturated carbocycles. The van der Waals surface area contributed by atoms with Crippen molar-refractivity contribution in [3.63, 3.8) is 0 Å². The van der Waals surface area contributed by atoms with Gasteiger partial charge in [0.25, 0.3) is 5.91 Å². The highest BCUT2D eigenvalue weighted by Gasteiger charge is 2.23. The van der Waals surface area contributed by atoms with Crippen LogP contribution < -0.4 is 5.73 Å². The second kappa shape index (κ2) is 5.44. The molecule has 0 fully saturated rings. The lowest BCUT2D eigenvalue weighted by Gasteiger charge is -2.29. The maximum atomic E-state index is 12.3. The summed E-state index contributed by atoms with van der Waals surface area (Å²) in [5, 5.41) is 7.91. The van der Waals surface area contributed by atoms with Crippen molar-refractivity contribution in [1.82, 2.24) is 15.1 Å². The summed E-state index contributed by atoms with van der Waals surface area (Å²) in [6.07, 6.45) is 0. The van der Waals surface area contributed by atoms with Crippen LogP contribution in [-0.2, 0) is 0 Å². The molecule has 1 rings (SSSR count). The Bertz CT molecular complexity index is 443. The normalized spacial score (nSPS) is 11.4. The average Bonchev–Trinajstić information content (AvgIpc) is 2.31. The Kier molecular flexibility index (Phi) is 4.40. The van der Waals surface area contributed by atoms with E-state index in [4.69, 9.17) is 5.73 Å². The minimum Gasteiger partial charge on any atom is -0.341 e. The highest BCUT2D eigenvalue weighted by atomic mass is 16.2. The summed E-state index contributed by atoms with van der Waals surface area (Å²) in [5.41, 5.74) is 7.61. The van der Waals surface area contributed by atoms with Crippen LogP contribution in [0.4, 0.5) is 0 Å². The number of carbonyl (C=O) groups is 1. The topological polar surface area (TPSA) is 72.1 Å². The second-order valence-electron chi connectivity index (χ2n) is 5.51. The van der Waals surface area contributed by atoms with Gasteiger partial charge in [0.15, 0.2) is 0 Å². The van der Waals surface area contributed by atoms with Crippen LogP contribution in [0.3, 0.4) is 0 Å². The molecular formula is C13H22N4O. The first kappa shape index (κ1) is 14.6. The van der Waals surface area contributed by atoms with Crippen LogP contribution in [0.15, 0.2) is 6.07 Å². The fourth-order valence-electron chi connectivity index (χ4n) is 1.75. The monoisotopic (exact) mass is 250 g/mol. The largest absolute Gasteiger partial charge is 0.341 e. The van der Waals surface area contributed by atoms with Crippen LogP contribution in [0, 0.1) is 19.3 Å². The lowest BCUT2D eigenvalue weighted by Crippen LogP contribution is -2.40. The fraction of sp³-hybridized carbons (Fsp3) is 0.615. The van der Waals surface area contributed by atoms with Gasteiger partial charge in [-0.15, -0.1) is 0 Å². The number of carbonyl (C=O) groups excluding carboxylic acids is 1. The van der Waals surface area contributed by atoms with Gasteiger partial charge in [0, 0.05) is 13.6 Å². The summed E-state index contributed by atoms with van der Waals surface area (Å²) in [6, 6.07) is 1.77. The van der Waals surface area contributed by atoms with Crippen molar-refractivity contribution in [3.8, 4) is 0 Å². The Balaban J connectivity index is 2.90. The molecule has 0 aliphatic carbocycles. The summed E-state index contributed by atoms with van der Waals surface area (Å²) < 4.78 is 0. The minimum absolute atomic E-state index is 0.0352. The molecule has 1 amide bonds. The quantitative estimate of drug-likeness (QED) is 0.870. The predicted molar refractivity (Wildman–Crippen MR) is 71.3 cm³/mol. The van der Waals surface area contributed by atoms with Gasteiger partial charge in [-0.1, -0.05) is 13.8 Å². The Morgan fingerprint density at radius 2 is 2.00 bits per heavy atom. The first-order valence-electron chi connectivity index (χ1n) is 6.03. The molecule has 0 aliphatic rings. The molecule has 0 bridgehead atoms. The van der Waals surface area contributed by atoms with E-state index in [-0.39, 0.29) is 11.3 Å². The maximum absolute atomic E-state index is 12.3. The smallest absolute Gasteiger partial charge is 0.255 e. The molecule has 0 aromatic carbocycles. The van der Waals surface area contributed by atoms with Crippen LogP contribution in [0.1, 0.15) is 35.6 Å². The molecule has 0 aliphatic heterocycles. The molecule has 0 unspecified atom stereocenters. The number of aromatic nitrogens is 2. The van der Waals surface area contributed by atoms with Gasteiger partial charge in [0.05, 0.1) is 17.0 Å². The Morgan fingerprint density at radius 3 is 2.56 bits per heavy atom. The van der Waals surface area contributed by atoms with Gasteiger partial charge in [-0.3, -0.25) is 4.79 Å². The highest BCUT2D eigenvalue weighted by Crippen LogP contribution is 2.16. The summed E-state index contributed by atoms with van der Waals surface area (Å²) in [6.45, 7) is 8.86. The lowest BCUT2D eigenvalue weighted by molar-refractivity contribution is 0.0739. The van der Waals surface area contributed by atoms with E-state index in [0.29, 0.717) is 24.3 Å². The van der Waals surface area contributed by atoms with Crippen molar-refractivity contribution in [2.24, 2.45) is 11.1 Å². The molecule has 5 nitrogen and oxygen atoms in total. The number of amides is 1. The van der Waals surface area contributed by atoms with Crippen LogP contribution in [-0.4, -0.2) is 41.1 Å². The van der Waals surface area contributed by atoms with E-state index in [1.165, 1.54) is 0 Å². The van der Waals surface area contributed by atoms with Crippen molar-refractivity contribution in [3.05, 3.63) is 23.0 Å². The third-order valence-corrected chi connectivity index (χ3v) is 2.90. The zero-order valence-electron chi connectivity index (χ0n) is 11.8. The molecule has 5 heteroatoms. The van der Waals surface area contributed by atoms with Gasteiger partial charge < -0.3 is 10.6 Å². The van der Waals surface area contributed by atoms with Crippen LogP contribution in [0.5, 0.6) is 0 Å². The standard InChI is InChI=1S/C13H22N4O/c1-9-6-11(10(2)16-15-9)12(18)17(5)8-13(3,4)7-14/h6H,7-8,14H2,1-5H3. The molecule has 18 heavy (non-hydrogen) atoms. The van der Waals surface area contributed by atoms with Crippen LogP contribution in [0.25, 0.3) is 0 Å². The van der Waals surface area contributed by atoms with E-state index in [1.807, 2.05) is 20.8 Å². The predicted octanol–water partition coefficient (Wildman–Crippen LogP) is 1.15. The number of hydrogen-bond donors (Lipinski definition) is 1. The zero-order valence-corrected chi connectivity index (χ0v) is 11.8. The molecular weight excluding hydrogens is 228 g/mol. The van der Waals surface area contributed by atoms with Gasteiger partial charge >= 0.3 is 0 Å². The summed E-state index contributed by atoms with van der Waals surface area (Å²) in [7, 11) is 1.79. The number of nitrogens with two attached hydrogens (primary N) is 1. The number of hydrogen-bond acceptors (Lipinski definition) is 4. The van der Waals surface area contributed by atoms with E-state index < -0.39 is 0 Å². The lowest BCUT2D eigenvalue weighted by atomic mass is 9.93. The van der Waals surface area contributed by atoms with Crippen LogP contribution in [0.2, 0.25) is 0 Å². The maximum Gasteiger partial charge on any atom is 0.255 e. The van der Waals surface area contributed by atoms with Gasteiger partial charge in [-0.2, -0.15) is 10.2 Å². The molecule has 1 heterocycles. The van der Waals surface area contributed by atoms with Crippen LogP contribution >= 0.6 is 0 Å². The SMILES string of the molecule is Cc1cc(C(=O)N(C)CC(C)(C)CN)c(C)nn1. The zero-order chi connectivity index (χ0) is 13.9. The van der Waals surface area contributed by atoms with Gasteiger partial charge in [-0.25, -0.2) is 0 Å². The second-order valence-corrected chi connectivity index (χ2v) is 5.51. The van der Waals surface area contributed by atoms with E-state index in [0.717, 1.165) is 5.69 Å². The molecule has 100 valence electrons. The summed E-state index contributed by atoms with van der Waals surface area (Å²) >= 11 is 0. The molecule has 0 saturated heterocycles. The molecule has 0 radical (unpaired) electrons. The highest BCUT2D eigenvalue weighted by molar-refractivity contribution is 5.95. The van der Waals surface area contributed by atoms with Crippen molar-refractivity contribution in [2.75, 3.05) is 20.1 Å². The molecule has 2 N–H and O–H groups in total. The Morgan fingerprint density at radius 1 is 1.39 bits per heavy atom. The van der Waals surface area contributed by atoms with Gasteiger partial charge in [0.2, 0.25) is 0 Å². The Hall–Kier alpha value is -1.49. The van der Waals surface area contributed by atoms with E-state index in [9.17, 15) is 4.79 Å². The summed E-state index contributed by atoms with van der Waals surface area (Å²) in [4.78, 5) is 14.0. The number of nitrogens with zero attached hydrogens (tertiary/aromatic N) is 3. The van der Waals surface area contributed by atoms with E-state index in [2.05, 4.69) is 10.2 Å². The average molecular weight is 250 g/mol. The van der Waals surface area contributed by atoms with Gasteiger partial charge in [0.1, 0.15) is 0 Å².